The molecule has 1 heterocycles. The van der Waals surface area contributed by atoms with E-state index in [9.17, 15) is 19.0 Å². The Balaban J connectivity index is 2.34. The number of unbranched alkanes of at least 4 members (excludes halogenated alkanes) is 9. The predicted octanol–water partition coefficient (Wildman–Crippen LogP) is 11.2. The van der Waals surface area contributed by atoms with E-state index in [1.807, 2.05) is 21.1 Å². The van der Waals surface area contributed by atoms with Crippen LogP contribution in [0, 0.1) is 0 Å². The second-order valence-corrected chi connectivity index (χ2v) is 17.2. The summed E-state index contributed by atoms with van der Waals surface area (Å²) in [7, 11) is 1.41. The number of rotatable bonds is 37. The van der Waals surface area contributed by atoms with Crippen LogP contribution in [0.2, 0.25) is 0 Å². The number of allylic oxidation sites excluding steroid dienone is 10. The van der Waals surface area contributed by atoms with E-state index >= 15 is 0 Å². The molecule has 4 atom stereocenters. The van der Waals surface area contributed by atoms with Gasteiger partial charge in [-0.25, -0.2) is 4.57 Å². The molecule has 1 saturated heterocycles. The third-order valence-corrected chi connectivity index (χ3v) is 10.1. The lowest BCUT2D eigenvalue weighted by Gasteiger charge is -2.24. The van der Waals surface area contributed by atoms with Crippen molar-refractivity contribution in [3.8, 4) is 0 Å². The van der Waals surface area contributed by atoms with Crippen molar-refractivity contribution in [1.82, 2.24) is 0 Å². The highest BCUT2D eigenvalue weighted by atomic mass is 31.2. The van der Waals surface area contributed by atoms with Crippen LogP contribution < -0.4 is 0 Å². The number of nitrogens with zero attached hydrogens (tertiary/aromatic N) is 1. The van der Waals surface area contributed by atoms with Crippen molar-refractivity contribution in [2.45, 2.75) is 161 Å². The quantitative estimate of drug-likeness (QED) is 0.0163. The summed E-state index contributed by atoms with van der Waals surface area (Å²) in [5.74, 6) is -0.898. The van der Waals surface area contributed by atoms with Crippen molar-refractivity contribution in [2.24, 2.45) is 0 Å². The minimum atomic E-state index is -4.40. The fraction of sp³-hybridized carbons (Fsp3) is 0.696. The Labute approximate surface area is 346 Å². The Morgan fingerprint density at radius 2 is 1.18 bits per heavy atom. The van der Waals surface area contributed by atoms with Crippen molar-refractivity contribution < 1.29 is 46.8 Å². The van der Waals surface area contributed by atoms with Crippen LogP contribution in [-0.4, -0.2) is 87.1 Å². The minimum absolute atomic E-state index is 0.0134. The summed E-state index contributed by atoms with van der Waals surface area (Å²) in [6, 6.07) is 0. The van der Waals surface area contributed by atoms with Crippen LogP contribution in [-0.2, 0) is 37.4 Å². The predicted molar refractivity (Wildman–Crippen MR) is 233 cm³/mol. The van der Waals surface area contributed by atoms with Crippen LogP contribution in [0.5, 0.6) is 0 Å². The van der Waals surface area contributed by atoms with Gasteiger partial charge in [-0.1, -0.05) is 119 Å². The molecule has 1 N–H and O–H groups in total. The number of phosphoric ester groups is 1. The molecule has 3 unspecified atom stereocenters. The zero-order valence-electron chi connectivity index (χ0n) is 36.2. The van der Waals surface area contributed by atoms with Gasteiger partial charge >= 0.3 is 19.8 Å². The number of hydrogen-bond donors (Lipinski definition) is 1. The average Bonchev–Trinajstić information content (AvgIpc) is 3.92. The van der Waals surface area contributed by atoms with Crippen LogP contribution in [0.15, 0.2) is 72.9 Å². The molecule has 1 aliphatic rings. The number of carbonyl (C=O) groups is 2. The minimum Gasteiger partial charge on any atom is -0.462 e. The van der Waals surface area contributed by atoms with Gasteiger partial charge in [-0.2, -0.15) is 0 Å². The summed E-state index contributed by atoms with van der Waals surface area (Å²) in [5.41, 5.74) is 0. The SMILES string of the molecule is CC/C=C\C/C=C\C/C=C\CCCCCCCC(=O)O[C@H](COC(=O)CCC/C=C\C/C=C\CC1OC1C/C=C\CCCCC)COP(=O)(O)OCC[N+](C)(C)C. The number of quaternary nitrogens is 1. The Morgan fingerprint density at radius 1 is 0.649 bits per heavy atom. The summed E-state index contributed by atoms with van der Waals surface area (Å²) in [6.45, 7) is 4.16. The van der Waals surface area contributed by atoms with E-state index in [0.717, 1.165) is 83.5 Å². The molecule has 0 aromatic heterocycles. The highest BCUT2D eigenvalue weighted by Gasteiger charge is 2.36. The van der Waals surface area contributed by atoms with Gasteiger partial charge in [0.15, 0.2) is 6.10 Å². The number of esters is 2. The molecule has 0 amide bonds. The monoisotopic (exact) mass is 821 g/mol. The van der Waals surface area contributed by atoms with Gasteiger partial charge in [0.25, 0.3) is 0 Å². The highest BCUT2D eigenvalue weighted by Crippen LogP contribution is 2.43. The first-order valence-electron chi connectivity index (χ1n) is 21.8. The maximum Gasteiger partial charge on any atom is 0.472 e. The third kappa shape index (κ3) is 35.1. The first-order valence-corrected chi connectivity index (χ1v) is 23.3. The smallest absolute Gasteiger partial charge is 0.462 e. The Hall–Kier alpha value is -2.59. The van der Waals surface area contributed by atoms with Crippen LogP contribution in [0.1, 0.15) is 142 Å². The lowest BCUT2D eigenvalue weighted by atomic mass is 10.1. The van der Waals surface area contributed by atoms with E-state index in [1.54, 1.807) is 0 Å². The second-order valence-electron chi connectivity index (χ2n) is 15.7. The molecule has 326 valence electrons. The topological polar surface area (TPSA) is 121 Å². The van der Waals surface area contributed by atoms with Gasteiger partial charge in [-0.15, -0.1) is 0 Å². The first kappa shape index (κ1) is 52.4. The van der Waals surface area contributed by atoms with Gasteiger partial charge in [0.2, 0.25) is 0 Å². The molecule has 0 radical (unpaired) electrons. The Morgan fingerprint density at radius 3 is 1.82 bits per heavy atom. The molecule has 0 aromatic carbocycles. The van der Waals surface area contributed by atoms with Gasteiger partial charge in [-0.3, -0.25) is 18.6 Å². The number of phosphoric acid groups is 1. The highest BCUT2D eigenvalue weighted by molar-refractivity contribution is 7.47. The van der Waals surface area contributed by atoms with E-state index in [0.29, 0.717) is 36.1 Å². The summed E-state index contributed by atoms with van der Waals surface area (Å²) >= 11 is 0. The zero-order valence-corrected chi connectivity index (χ0v) is 37.1. The molecule has 0 aromatic rings. The van der Waals surface area contributed by atoms with E-state index in [-0.39, 0.29) is 26.1 Å². The zero-order chi connectivity index (χ0) is 41.9. The molecule has 11 heteroatoms. The summed E-state index contributed by atoms with van der Waals surface area (Å²) in [4.78, 5) is 35.4. The maximum absolute atomic E-state index is 12.7. The fourth-order valence-electron chi connectivity index (χ4n) is 5.59. The fourth-order valence-corrected chi connectivity index (χ4v) is 6.33. The lowest BCUT2D eigenvalue weighted by molar-refractivity contribution is -0.870. The van der Waals surface area contributed by atoms with Crippen molar-refractivity contribution >= 4 is 19.8 Å². The molecule has 0 saturated carbocycles. The van der Waals surface area contributed by atoms with Crippen LogP contribution in [0.3, 0.4) is 0 Å². The maximum atomic E-state index is 12.7. The number of ether oxygens (including phenoxy) is 3. The molecule has 1 rings (SSSR count). The Kier molecular flexibility index (Phi) is 31.5. The van der Waals surface area contributed by atoms with Crippen LogP contribution in [0.25, 0.3) is 0 Å². The molecule has 10 nitrogen and oxygen atoms in total. The van der Waals surface area contributed by atoms with Crippen molar-refractivity contribution in [1.29, 1.82) is 0 Å². The van der Waals surface area contributed by atoms with E-state index < -0.39 is 32.5 Å². The second kappa shape index (κ2) is 34.3. The number of likely N-dealkylation sites (N-methyl/N-ethyl adjacent to an activating group) is 1. The van der Waals surface area contributed by atoms with E-state index in [2.05, 4.69) is 86.8 Å². The van der Waals surface area contributed by atoms with Crippen molar-refractivity contribution in [2.75, 3.05) is 47.5 Å². The van der Waals surface area contributed by atoms with Crippen LogP contribution >= 0.6 is 7.82 Å². The average molecular weight is 821 g/mol. The standard InChI is InChI=1S/C46H78NO9P/c1-6-8-10-12-14-15-16-17-18-19-20-21-24-29-33-37-46(49)55-42(41-54-57(50,51)53-39-38-47(3,4)5)40-52-45(48)36-32-28-25-22-23-27-31-35-44-43(56-44)34-30-26-13-11-9-7-2/h8,10,14-15,17-18,22,25-27,30-31,42-44H,6-7,9,11-13,16,19-21,23-24,28-29,32-41H2,1-5H3/p+1/b10-8-,15-14-,18-17-,25-22-,30-26-,31-27-/t42-,43?,44?/m1/s1. The molecular formula is C46H79NO9P+. The number of hydrogen-bond acceptors (Lipinski definition) is 8. The van der Waals surface area contributed by atoms with Gasteiger partial charge in [0.1, 0.15) is 19.8 Å². The lowest BCUT2D eigenvalue weighted by Crippen LogP contribution is -2.37. The normalized spacial score (nSPS) is 17.9. The molecular weight excluding hydrogens is 741 g/mol. The van der Waals surface area contributed by atoms with E-state index in [1.165, 1.54) is 19.3 Å². The largest absolute Gasteiger partial charge is 0.472 e. The van der Waals surface area contributed by atoms with Crippen molar-refractivity contribution in [3.63, 3.8) is 0 Å². The van der Waals surface area contributed by atoms with Gasteiger partial charge in [0.05, 0.1) is 40.0 Å². The summed E-state index contributed by atoms with van der Waals surface area (Å²) in [6.07, 6.45) is 44.1. The van der Waals surface area contributed by atoms with Gasteiger partial charge in [-0.05, 0) is 83.5 Å². The molecule has 0 aliphatic carbocycles. The molecule has 57 heavy (non-hydrogen) atoms. The summed E-state index contributed by atoms with van der Waals surface area (Å²) < 4.78 is 40.0. The molecule has 1 aliphatic heterocycles. The number of carbonyl (C=O) groups excluding carboxylic acids is 2. The Bertz CT molecular complexity index is 1270. The van der Waals surface area contributed by atoms with Gasteiger partial charge in [0, 0.05) is 12.8 Å². The summed E-state index contributed by atoms with van der Waals surface area (Å²) in [5, 5.41) is 0. The van der Waals surface area contributed by atoms with Gasteiger partial charge < -0.3 is 23.6 Å². The van der Waals surface area contributed by atoms with E-state index in [4.69, 9.17) is 23.3 Å². The van der Waals surface area contributed by atoms with Crippen LogP contribution in [0.4, 0.5) is 0 Å². The third-order valence-electron chi connectivity index (χ3n) is 9.12. The number of epoxide rings is 1. The van der Waals surface area contributed by atoms with Crippen molar-refractivity contribution in [3.05, 3.63) is 72.9 Å². The molecule has 0 spiro atoms. The molecule has 1 fully saturated rings. The molecule has 0 bridgehead atoms. The first-order chi connectivity index (χ1) is 27.5.